The second-order valence-electron chi connectivity index (χ2n) is 6.29. The van der Waals surface area contributed by atoms with Crippen LogP contribution in [0.2, 0.25) is 0 Å². The van der Waals surface area contributed by atoms with E-state index in [2.05, 4.69) is 5.32 Å². The summed E-state index contributed by atoms with van der Waals surface area (Å²) in [7, 11) is 0. The molecule has 0 saturated heterocycles. The minimum absolute atomic E-state index is 0.0804. The molecule has 0 atom stereocenters. The maximum atomic E-state index is 11.9. The second kappa shape index (κ2) is 9.81. The van der Waals surface area contributed by atoms with Gasteiger partial charge >= 0.3 is 5.97 Å². The van der Waals surface area contributed by atoms with Gasteiger partial charge in [-0.3, -0.25) is 9.59 Å². The van der Waals surface area contributed by atoms with Crippen LogP contribution < -0.4 is 10.1 Å². The van der Waals surface area contributed by atoms with E-state index in [1.165, 1.54) is 19.8 Å². The molecule has 0 aromatic heterocycles. The fourth-order valence-corrected chi connectivity index (χ4v) is 2.83. The number of rotatable bonds is 7. The number of carbonyl (C=O) groups is 3. The zero-order valence-corrected chi connectivity index (χ0v) is 14.6. The fraction of sp³-hybridized carbons (Fsp3) is 0.526. The van der Waals surface area contributed by atoms with E-state index < -0.39 is 5.97 Å². The lowest BCUT2D eigenvalue weighted by molar-refractivity contribution is -0.150. The number of ketones is 1. The Balaban J connectivity index is 1.68. The van der Waals surface area contributed by atoms with Crippen LogP contribution >= 0.6 is 0 Å². The summed E-state index contributed by atoms with van der Waals surface area (Å²) in [5.74, 6) is -0.571. The molecule has 2 rings (SSSR count). The number of esters is 1. The van der Waals surface area contributed by atoms with Crippen molar-refractivity contribution in [1.29, 1.82) is 0 Å². The smallest absolute Gasteiger partial charge is 0.344 e. The molecule has 1 fully saturated rings. The number of amides is 1. The van der Waals surface area contributed by atoms with Crippen molar-refractivity contribution in [3.63, 3.8) is 0 Å². The van der Waals surface area contributed by atoms with Crippen molar-refractivity contribution in [2.75, 3.05) is 13.2 Å². The third kappa shape index (κ3) is 6.95. The number of benzene rings is 1. The van der Waals surface area contributed by atoms with E-state index >= 15 is 0 Å². The van der Waals surface area contributed by atoms with Gasteiger partial charge in [0.25, 0.3) is 5.91 Å². The number of hydrogen-bond donors (Lipinski definition) is 1. The predicted molar refractivity (Wildman–Crippen MR) is 92.5 cm³/mol. The van der Waals surface area contributed by atoms with Crippen molar-refractivity contribution in [1.82, 2.24) is 5.32 Å². The SMILES string of the molecule is CC(=O)c1cccc(OCC(=O)OCC(=O)NC2CCCCCC2)c1. The maximum absolute atomic E-state index is 11.9. The molecule has 1 amide bonds. The number of nitrogens with one attached hydrogen (secondary N) is 1. The molecule has 1 aromatic rings. The first-order chi connectivity index (χ1) is 12.0. The fourth-order valence-electron chi connectivity index (χ4n) is 2.83. The Hall–Kier alpha value is -2.37. The van der Waals surface area contributed by atoms with Gasteiger partial charge in [0.15, 0.2) is 19.0 Å². The standard InChI is InChI=1S/C19H25NO5/c1-14(21)15-7-6-10-17(11-15)24-13-19(23)25-12-18(22)20-16-8-4-2-3-5-9-16/h6-7,10-11,16H,2-5,8-9,12-13H2,1H3,(H,20,22). The van der Waals surface area contributed by atoms with Crippen molar-refractivity contribution in [2.45, 2.75) is 51.5 Å². The van der Waals surface area contributed by atoms with Gasteiger partial charge in [-0.1, -0.05) is 37.8 Å². The molecule has 0 heterocycles. The number of hydrogen-bond acceptors (Lipinski definition) is 5. The summed E-state index contributed by atoms with van der Waals surface area (Å²) in [5.41, 5.74) is 0.508. The third-order valence-corrected chi connectivity index (χ3v) is 4.18. The van der Waals surface area contributed by atoms with E-state index in [1.807, 2.05) is 0 Å². The lowest BCUT2D eigenvalue weighted by Gasteiger charge is -2.16. The van der Waals surface area contributed by atoms with Crippen LogP contribution in [0.3, 0.4) is 0 Å². The average molecular weight is 347 g/mol. The quantitative estimate of drug-likeness (QED) is 0.466. The average Bonchev–Trinajstić information content (AvgIpc) is 2.87. The normalized spacial score (nSPS) is 15.1. The van der Waals surface area contributed by atoms with Gasteiger partial charge < -0.3 is 14.8 Å². The van der Waals surface area contributed by atoms with E-state index in [4.69, 9.17) is 9.47 Å². The molecule has 1 N–H and O–H groups in total. The Labute approximate surface area is 147 Å². The largest absolute Gasteiger partial charge is 0.482 e. The summed E-state index contributed by atoms with van der Waals surface area (Å²) >= 11 is 0. The van der Waals surface area contributed by atoms with Crippen LogP contribution in [0, 0.1) is 0 Å². The third-order valence-electron chi connectivity index (χ3n) is 4.18. The van der Waals surface area contributed by atoms with Crippen LogP contribution in [0.5, 0.6) is 5.75 Å². The first-order valence-electron chi connectivity index (χ1n) is 8.73. The second-order valence-corrected chi connectivity index (χ2v) is 6.29. The van der Waals surface area contributed by atoms with Crippen molar-refractivity contribution >= 4 is 17.7 Å². The molecule has 6 nitrogen and oxygen atoms in total. The van der Waals surface area contributed by atoms with Gasteiger partial charge in [0.2, 0.25) is 0 Å². The molecule has 0 spiro atoms. The Morgan fingerprint density at radius 1 is 1.08 bits per heavy atom. The first-order valence-corrected chi connectivity index (χ1v) is 8.73. The minimum Gasteiger partial charge on any atom is -0.482 e. The predicted octanol–water partition coefficient (Wildman–Crippen LogP) is 2.65. The van der Waals surface area contributed by atoms with E-state index in [1.54, 1.807) is 24.3 Å². The van der Waals surface area contributed by atoms with Gasteiger partial charge in [-0.2, -0.15) is 0 Å². The topological polar surface area (TPSA) is 81.7 Å². The van der Waals surface area contributed by atoms with Crippen LogP contribution in [0.25, 0.3) is 0 Å². The van der Waals surface area contributed by atoms with Crippen LogP contribution in [0.15, 0.2) is 24.3 Å². The zero-order chi connectivity index (χ0) is 18.1. The summed E-state index contributed by atoms with van der Waals surface area (Å²) in [6.45, 7) is 0.852. The number of carbonyl (C=O) groups excluding carboxylic acids is 3. The molecule has 0 aliphatic heterocycles. The highest BCUT2D eigenvalue weighted by Gasteiger charge is 2.16. The van der Waals surface area contributed by atoms with Gasteiger partial charge in [0.1, 0.15) is 5.75 Å². The molecule has 6 heteroatoms. The maximum Gasteiger partial charge on any atom is 0.344 e. The van der Waals surface area contributed by atoms with Crippen molar-refractivity contribution in [2.24, 2.45) is 0 Å². The van der Waals surface area contributed by atoms with Crippen LogP contribution in [-0.4, -0.2) is 36.9 Å². The van der Waals surface area contributed by atoms with Crippen LogP contribution in [-0.2, 0) is 14.3 Å². The van der Waals surface area contributed by atoms with E-state index in [0.29, 0.717) is 11.3 Å². The van der Waals surface area contributed by atoms with Crippen molar-refractivity contribution < 1.29 is 23.9 Å². The summed E-state index contributed by atoms with van der Waals surface area (Å²) < 4.78 is 10.2. The molecule has 136 valence electrons. The first kappa shape index (κ1) is 19.0. The molecular weight excluding hydrogens is 322 g/mol. The zero-order valence-electron chi connectivity index (χ0n) is 14.6. The van der Waals surface area contributed by atoms with Gasteiger partial charge in [0.05, 0.1) is 0 Å². The molecule has 1 aromatic carbocycles. The highest BCUT2D eigenvalue weighted by Crippen LogP contribution is 2.17. The van der Waals surface area contributed by atoms with Crippen LogP contribution in [0.4, 0.5) is 0 Å². The Kier molecular flexibility index (Phi) is 7.44. The van der Waals surface area contributed by atoms with Gasteiger partial charge in [-0.05, 0) is 31.9 Å². The highest BCUT2D eigenvalue weighted by atomic mass is 16.6. The summed E-state index contributed by atoms with van der Waals surface area (Å²) in [6.07, 6.45) is 6.63. The van der Waals surface area contributed by atoms with Gasteiger partial charge in [0, 0.05) is 11.6 Å². The molecule has 0 radical (unpaired) electrons. The lowest BCUT2D eigenvalue weighted by atomic mass is 10.1. The minimum atomic E-state index is -0.621. The molecular formula is C19H25NO5. The number of Topliss-reactive ketones (excluding diaryl/α,β-unsaturated/α-hetero) is 1. The van der Waals surface area contributed by atoms with Gasteiger partial charge in [-0.15, -0.1) is 0 Å². The number of ether oxygens (including phenoxy) is 2. The Bertz CT molecular complexity index is 606. The summed E-state index contributed by atoms with van der Waals surface area (Å²) in [4.78, 5) is 34.9. The Morgan fingerprint density at radius 2 is 1.80 bits per heavy atom. The summed E-state index contributed by atoms with van der Waals surface area (Å²) in [5, 5.41) is 2.91. The molecule has 25 heavy (non-hydrogen) atoms. The molecule has 0 unspecified atom stereocenters. The molecule has 1 saturated carbocycles. The molecule has 0 bridgehead atoms. The molecule has 1 aliphatic carbocycles. The lowest BCUT2D eigenvalue weighted by Crippen LogP contribution is -2.37. The molecule has 1 aliphatic rings. The Morgan fingerprint density at radius 3 is 2.48 bits per heavy atom. The summed E-state index contributed by atoms with van der Waals surface area (Å²) in [6, 6.07) is 6.75. The van der Waals surface area contributed by atoms with E-state index in [0.717, 1.165) is 25.7 Å². The van der Waals surface area contributed by atoms with E-state index in [-0.39, 0.29) is 30.9 Å². The van der Waals surface area contributed by atoms with Crippen molar-refractivity contribution in [3.8, 4) is 5.75 Å². The monoisotopic (exact) mass is 347 g/mol. The highest BCUT2D eigenvalue weighted by molar-refractivity contribution is 5.94. The van der Waals surface area contributed by atoms with Crippen molar-refractivity contribution in [3.05, 3.63) is 29.8 Å². The van der Waals surface area contributed by atoms with Gasteiger partial charge in [-0.25, -0.2) is 4.79 Å². The van der Waals surface area contributed by atoms with E-state index in [9.17, 15) is 14.4 Å². The van der Waals surface area contributed by atoms with Crippen LogP contribution in [0.1, 0.15) is 55.8 Å².